The van der Waals surface area contributed by atoms with E-state index in [1.165, 1.54) is 5.69 Å². The van der Waals surface area contributed by atoms with Crippen LogP contribution in [-0.4, -0.2) is 15.8 Å². The predicted molar refractivity (Wildman–Crippen MR) is 85.7 cm³/mol. The van der Waals surface area contributed by atoms with E-state index in [-0.39, 0.29) is 12.1 Å². The van der Waals surface area contributed by atoms with E-state index >= 15 is 0 Å². The maximum atomic E-state index is 12.1. The van der Waals surface area contributed by atoms with Gasteiger partial charge in [-0.05, 0) is 37.0 Å². The number of aromatic nitrogens is 2. The first-order chi connectivity index (χ1) is 10.6. The van der Waals surface area contributed by atoms with Crippen LogP contribution in [0.1, 0.15) is 35.7 Å². The average Bonchev–Trinajstić information content (AvgIpc) is 2.90. The number of fused-ring (bicyclic) bond motifs is 1. The SMILES string of the molecule is Cn1ncc2c1CCC[C@@H]2NC(=O)NCc1ccc(Cl)cc1. The Bertz CT molecular complexity index is 665. The number of rotatable bonds is 3. The molecule has 0 spiro atoms. The number of halogens is 1. The number of hydrogen-bond donors (Lipinski definition) is 2. The molecule has 5 nitrogen and oxygen atoms in total. The maximum absolute atomic E-state index is 12.1. The van der Waals surface area contributed by atoms with Gasteiger partial charge in [0.1, 0.15) is 0 Å². The van der Waals surface area contributed by atoms with Gasteiger partial charge < -0.3 is 10.6 Å². The van der Waals surface area contributed by atoms with Gasteiger partial charge in [-0.2, -0.15) is 5.10 Å². The molecule has 22 heavy (non-hydrogen) atoms. The smallest absolute Gasteiger partial charge is 0.315 e. The van der Waals surface area contributed by atoms with Crippen LogP contribution >= 0.6 is 11.6 Å². The van der Waals surface area contributed by atoms with Gasteiger partial charge in [0.05, 0.1) is 12.2 Å². The number of benzene rings is 1. The molecule has 0 aliphatic heterocycles. The van der Waals surface area contributed by atoms with E-state index in [1.54, 1.807) is 0 Å². The van der Waals surface area contributed by atoms with Crippen molar-refractivity contribution in [3.63, 3.8) is 0 Å². The van der Waals surface area contributed by atoms with Crippen LogP contribution in [0.15, 0.2) is 30.5 Å². The van der Waals surface area contributed by atoms with Gasteiger partial charge in [-0.1, -0.05) is 23.7 Å². The van der Waals surface area contributed by atoms with E-state index in [1.807, 2.05) is 42.2 Å². The second kappa shape index (κ2) is 6.40. The Labute approximate surface area is 134 Å². The molecule has 1 heterocycles. The molecule has 1 atom stereocenters. The first-order valence-corrected chi connectivity index (χ1v) is 7.81. The zero-order valence-corrected chi connectivity index (χ0v) is 13.2. The second-order valence-electron chi connectivity index (χ2n) is 5.57. The fraction of sp³-hybridized carbons (Fsp3) is 0.375. The predicted octanol–water partition coefficient (Wildman–Crippen LogP) is 2.95. The Hall–Kier alpha value is -2.01. The lowest BCUT2D eigenvalue weighted by atomic mass is 9.93. The second-order valence-corrected chi connectivity index (χ2v) is 6.00. The lowest BCUT2D eigenvalue weighted by molar-refractivity contribution is 0.235. The summed E-state index contributed by atoms with van der Waals surface area (Å²) in [6.07, 6.45) is 4.90. The highest BCUT2D eigenvalue weighted by molar-refractivity contribution is 6.30. The van der Waals surface area contributed by atoms with Gasteiger partial charge >= 0.3 is 6.03 Å². The fourth-order valence-corrected chi connectivity index (χ4v) is 2.98. The summed E-state index contributed by atoms with van der Waals surface area (Å²) in [7, 11) is 1.95. The molecule has 2 N–H and O–H groups in total. The summed E-state index contributed by atoms with van der Waals surface area (Å²) in [6.45, 7) is 0.482. The summed E-state index contributed by atoms with van der Waals surface area (Å²) < 4.78 is 1.90. The fourth-order valence-electron chi connectivity index (χ4n) is 2.85. The van der Waals surface area contributed by atoms with Crippen LogP contribution in [-0.2, 0) is 20.0 Å². The van der Waals surface area contributed by atoms with Gasteiger partial charge in [-0.15, -0.1) is 0 Å². The number of carbonyl (C=O) groups is 1. The van der Waals surface area contributed by atoms with Gasteiger partial charge in [0.2, 0.25) is 0 Å². The molecule has 116 valence electrons. The molecule has 0 saturated heterocycles. The number of amides is 2. The Morgan fingerprint density at radius 3 is 2.95 bits per heavy atom. The Balaban J connectivity index is 1.57. The molecular weight excluding hydrogens is 300 g/mol. The first kappa shape index (κ1) is 14.9. The van der Waals surface area contributed by atoms with Gasteiger partial charge in [0, 0.05) is 29.9 Å². The summed E-state index contributed by atoms with van der Waals surface area (Å²) in [5.74, 6) is 0. The quantitative estimate of drug-likeness (QED) is 0.914. The standard InChI is InChI=1S/C16H19ClN4O/c1-21-15-4-2-3-14(13(15)10-19-21)20-16(22)18-9-11-5-7-12(17)8-6-11/h5-8,10,14H,2-4,9H2,1H3,(H2,18,20,22)/t14-/m0/s1. The van der Waals surface area contributed by atoms with Crippen molar-refractivity contribution in [1.29, 1.82) is 0 Å². The topological polar surface area (TPSA) is 59.0 Å². The zero-order valence-electron chi connectivity index (χ0n) is 12.5. The molecule has 2 amide bonds. The third-order valence-electron chi connectivity index (χ3n) is 4.05. The van der Waals surface area contributed by atoms with Crippen LogP contribution in [0.2, 0.25) is 5.02 Å². The van der Waals surface area contributed by atoms with Crippen molar-refractivity contribution >= 4 is 17.6 Å². The van der Waals surface area contributed by atoms with Gasteiger partial charge in [-0.3, -0.25) is 4.68 Å². The lowest BCUT2D eigenvalue weighted by Crippen LogP contribution is -2.38. The molecular formula is C16H19ClN4O. The van der Waals surface area contributed by atoms with Crippen molar-refractivity contribution in [3.8, 4) is 0 Å². The molecule has 0 saturated carbocycles. The minimum atomic E-state index is -0.156. The van der Waals surface area contributed by atoms with Crippen LogP contribution in [0.3, 0.4) is 0 Å². The molecule has 1 aliphatic rings. The maximum Gasteiger partial charge on any atom is 0.315 e. The molecule has 1 aliphatic carbocycles. The molecule has 3 rings (SSSR count). The molecule has 0 bridgehead atoms. The van der Waals surface area contributed by atoms with Crippen molar-refractivity contribution in [2.24, 2.45) is 7.05 Å². The third kappa shape index (κ3) is 3.25. The molecule has 2 aromatic rings. The average molecular weight is 319 g/mol. The van der Waals surface area contributed by atoms with Gasteiger partial charge in [0.15, 0.2) is 0 Å². The summed E-state index contributed by atoms with van der Waals surface area (Å²) in [6, 6.07) is 7.34. The summed E-state index contributed by atoms with van der Waals surface area (Å²) in [4.78, 5) is 12.1. The number of hydrogen-bond acceptors (Lipinski definition) is 2. The van der Waals surface area contributed by atoms with Crippen LogP contribution in [0.4, 0.5) is 4.79 Å². The third-order valence-corrected chi connectivity index (χ3v) is 4.30. The lowest BCUT2D eigenvalue weighted by Gasteiger charge is -2.24. The van der Waals surface area contributed by atoms with E-state index in [9.17, 15) is 4.79 Å². The minimum Gasteiger partial charge on any atom is -0.334 e. The first-order valence-electron chi connectivity index (χ1n) is 7.43. The number of aryl methyl sites for hydroxylation is 1. The van der Waals surface area contributed by atoms with Crippen LogP contribution in [0.5, 0.6) is 0 Å². The number of nitrogens with zero attached hydrogens (tertiary/aromatic N) is 2. The van der Waals surface area contributed by atoms with Crippen molar-refractivity contribution in [3.05, 3.63) is 52.3 Å². The van der Waals surface area contributed by atoms with Crippen molar-refractivity contribution in [1.82, 2.24) is 20.4 Å². The van der Waals surface area contributed by atoms with Crippen LogP contribution in [0, 0.1) is 0 Å². The number of nitrogens with one attached hydrogen (secondary N) is 2. The van der Waals surface area contributed by atoms with Gasteiger partial charge in [0.25, 0.3) is 0 Å². The minimum absolute atomic E-state index is 0.0441. The molecule has 0 fully saturated rings. The van der Waals surface area contributed by atoms with Crippen molar-refractivity contribution in [2.45, 2.75) is 31.8 Å². The van der Waals surface area contributed by atoms with E-state index in [0.29, 0.717) is 11.6 Å². The van der Waals surface area contributed by atoms with Crippen LogP contribution < -0.4 is 10.6 Å². The summed E-state index contributed by atoms with van der Waals surface area (Å²) in [5, 5.41) is 10.9. The van der Waals surface area contributed by atoms with E-state index in [4.69, 9.17) is 11.6 Å². The Kier molecular flexibility index (Phi) is 4.34. The molecule has 0 radical (unpaired) electrons. The monoisotopic (exact) mass is 318 g/mol. The molecule has 0 unspecified atom stereocenters. The summed E-state index contributed by atoms with van der Waals surface area (Å²) in [5.41, 5.74) is 3.37. The normalized spacial score (nSPS) is 16.9. The van der Waals surface area contributed by atoms with Gasteiger partial charge in [-0.25, -0.2) is 4.79 Å². The van der Waals surface area contributed by atoms with E-state index < -0.39 is 0 Å². The molecule has 6 heteroatoms. The van der Waals surface area contributed by atoms with Crippen molar-refractivity contribution in [2.75, 3.05) is 0 Å². The van der Waals surface area contributed by atoms with E-state index in [2.05, 4.69) is 15.7 Å². The van der Waals surface area contributed by atoms with E-state index in [0.717, 1.165) is 30.4 Å². The highest BCUT2D eigenvalue weighted by atomic mass is 35.5. The highest BCUT2D eigenvalue weighted by Gasteiger charge is 2.24. The number of carbonyl (C=O) groups excluding carboxylic acids is 1. The summed E-state index contributed by atoms with van der Waals surface area (Å²) >= 11 is 5.85. The largest absolute Gasteiger partial charge is 0.334 e. The highest BCUT2D eigenvalue weighted by Crippen LogP contribution is 2.28. The zero-order chi connectivity index (χ0) is 15.5. The number of urea groups is 1. The Morgan fingerprint density at radius 1 is 1.41 bits per heavy atom. The molecule has 1 aromatic carbocycles. The van der Waals surface area contributed by atoms with Crippen molar-refractivity contribution < 1.29 is 4.79 Å². The van der Waals surface area contributed by atoms with Crippen LogP contribution in [0.25, 0.3) is 0 Å². The molecule has 1 aromatic heterocycles. The Morgan fingerprint density at radius 2 is 2.18 bits per heavy atom.